The number of hydrogen-bond acceptors (Lipinski definition) is 5. The molecule has 3 amide bonds. The van der Waals surface area contributed by atoms with Crippen LogP contribution in [0.4, 0.5) is 17.1 Å². The van der Waals surface area contributed by atoms with Gasteiger partial charge in [0, 0.05) is 23.2 Å². The van der Waals surface area contributed by atoms with Gasteiger partial charge in [0.05, 0.1) is 11.3 Å². The molecule has 1 aliphatic heterocycles. The molecule has 2 N–H and O–H groups in total. The van der Waals surface area contributed by atoms with E-state index in [0.717, 1.165) is 10.6 Å². The normalized spacial score (nSPS) is 14.1. The van der Waals surface area contributed by atoms with Crippen molar-refractivity contribution in [2.45, 2.75) is 33.1 Å². The quantitative estimate of drug-likeness (QED) is 0.501. The van der Waals surface area contributed by atoms with Crippen LogP contribution in [0.3, 0.4) is 0 Å². The van der Waals surface area contributed by atoms with E-state index in [1.807, 2.05) is 41.8 Å². The predicted octanol–water partition coefficient (Wildman–Crippen LogP) is 5.40. The number of carbonyl (C=O) groups is 3. The SMILES string of the molecule is CC(=O)Nc1ccc(N2C(=O)C(Nc3ccc(C(C)(C)C)cc3)=C(c3cccs3)C2=O)cc1. The standard InChI is InChI=1S/C26H25N3O3S/c1-16(30)27-18-11-13-20(14-12-18)29-24(31)22(21-6-5-15-33-21)23(25(29)32)28-19-9-7-17(8-10-19)26(2,3)4/h5-15,28H,1-4H3,(H,27,30). The number of anilines is 3. The lowest BCUT2D eigenvalue weighted by molar-refractivity contribution is -0.120. The number of hydrogen-bond donors (Lipinski definition) is 2. The molecule has 1 aliphatic rings. The van der Waals surface area contributed by atoms with Crippen LogP contribution in [0.2, 0.25) is 0 Å². The van der Waals surface area contributed by atoms with Gasteiger partial charge in [-0.15, -0.1) is 11.3 Å². The van der Waals surface area contributed by atoms with Crippen LogP contribution in [0.5, 0.6) is 0 Å². The van der Waals surface area contributed by atoms with Gasteiger partial charge in [-0.05, 0) is 58.8 Å². The third kappa shape index (κ3) is 4.59. The van der Waals surface area contributed by atoms with Gasteiger partial charge >= 0.3 is 0 Å². The number of amides is 3. The van der Waals surface area contributed by atoms with Crippen LogP contribution >= 0.6 is 11.3 Å². The molecule has 0 aliphatic carbocycles. The molecule has 0 bridgehead atoms. The first kappa shape index (κ1) is 22.5. The summed E-state index contributed by atoms with van der Waals surface area (Å²) in [4.78, 5) is 40.0. The van der Waals surface area contributed by atoms with E-state index in [4.69, 9.17) is 0 Å². The number of benzene rings is 2. The molecule has 33 heavy (non-hydrogen) atoms. The molecular weight excluding hydrogens is 434 g/mol. The van der Waals surface area contributed by atoms with Gasteiger partial charge in [-0.3, -0.25) is 14.4 Å². The fourth-order valence-electron chi connectivity index (χ4n) is 3.62. The maximum absolute atomic E-state index is 13.4. The Morgan fingerprint density at radius 2 is 1.52 bits per heavy atom. The molecule has 168 valence electrons. The van der Waals surface area contributed by atoms with Crippen molar-refractivity contribution < 1.29 is 14.4 Å². The van der Waals surface area contributed by atoms with E-state index < -0.39 is 5.91 Å². The molecule has 7 heteroatoms. The van der Waals surface area contributed by atoms with E-state index in [9.17, 15) is 14.4 Å². The summed E-state index contributed by atoms with van der Waals surface area (Å²) in [5, 5.41) is 7.75. The highest BCUT2D eigenvalue weighted by Gasteiger charge is 2.40. The predicted molar refractivity (Wildman–Crippen MR) is 133 cm³/mol. The van der Waals surface area contributed by atoms with Crippen molar-refractivity contribution in [1.82, 2.24) is 0 Å². The van der Waals surface area contributed by atoms with Crippen LogP contribution in [-0.2, 0) is 19.8 Å². The molecule has 6 nitrogen and oxygen atoms in total. The van der Waals surface area contributed by atoms with Crippen LogP contribution in [0, 0.1) is 0 Å². The maximum atomic E-state index is 13.4. The molecule has 0 radical (unpaired) electrons. The van der Waals surface area contributed by atoms with Crippen molar-refractivity contribution in [2.75, 3.05) is 15.5 Å². The molecule has 0 atom stereocenters. The molecule has 0 saturated carbocycles. The van der Waals surface area contributed by atoms with E-state index in [1.165, 1.54) is 28.7 Å². The fourth-order valence-corrected chi connectivity index (χ4v) is 4.39. The van der Waals surface area contributed by atoms with Crippen LogP contribution in [0.15, 0.2) is 71.7 Å². The minimum absolute atomic E-state index is 0.0132. The Morgan fingerprint density at radius 1 is 0.879 bits per heavy atom. The summed E-state index contributed by atoms with van der Waals surface area (Å²) in [5.41, 5.74) is 3.55. The Labute approximate surface area is 196 Å². The molecule has 2 heterocycles. The second-order valence-electron chi connectivity index (χ2n) is 8.85. The summed E-state index contributed by atoms with van der Waals surface area (Å²) in [6.45, 7) is 7.84. The molecule has 0 fully saturated rings. The van der Waals surface area contributed by atoms with E-state index in [2.05, 4.69) is 31.4 Å². The summed E-state index contributed by atoms with van der Waals surface area (Å²) in [6, 6.07) is 18.2. The third-order valence-electron chi connectivity index (χ3n) is 5.32. The van der Waals surface area contributed by atoms with Crippen LogP contribution in [-0.4, -0.2) is 17.7 Å². The fraction of sp³-hybridized carbons (Fsp3) is 0.192. The monoisotopic (exact) mass is 459 g/mol. The van der Waals surface area contributed by atoms with Crippen molar-refractivity contribution >= 4 is 51.7 Å². The van der Waals surface area contributed by atoms with Gasteiger partial charge in [0.1, 0.15) is 5.70 Å². The summed E-state index contributed by atoms with van der Waals surface area (Å²) in [6.07, 6.45) is 0. The van der Waals surface area contributed by atoms with Gasteiger partial charge in [-0.2, -0.15) is 0 Å². The van der Waals surface area contributed by atoms with Gasteiger partial charge in [0.2, 0.25) is 5.91 Å². The topological polar surface area (TPSA) is 78.5 Å². The second kappa shape index (κ2) is 8.67. The van der Waals surface area contributed by atoms with Crippen LogP contribution in [0.1, 0.15) is 38.1 Å². The van der Waals surface area contributed by atoms with E-state index >= 15 is 0 Å². The number of carbonyl (C=O) groups excluding carboxylic acids is 3. The maximum Gasteiger partial charge on any atom is 0.282 e. The first-order valence-electron chi connectivity index (χ1n) is 10.6. The molecule has 0 unspecified atom stereocenters. The largest absolute Gasteiger partial charge is 0.350 e. The summed E-state index contributed by atoms with van der Waals surface area (Å²) in [5.74, 6) is -0.999. The zero-order chi connectivity index (χ0) is 23.8. The third-order valence-corrected chi connectivity index (χ3v) is 6.20. The highest BCUT2D eigenvalue weighted by atomic mass is 32.1. The number of rotatable bonds is 5. The molecule has 4 rings (SSSR count). The van der Waals surface area contributed by atoms with Crippen molar-refractivity contribution in [1.29, 1.82) is 0 Å². The van der Waals surface area contributed by atoms with Crippen molar-refractivity contribution in [3.63, 3.8) is 0 Å². The Bertz CT molecular complexity index is 1240. The van der Waals surface area contributed by atoms with Crippen molar-refractivity contribution in [3.05, 3.63) is 82.2 Å². The lowest BCUT2D eigenvalue weighted by Gasteiger charge is -2.19. The van der Waals surface area contributed by atoms with Gasteiger partial charge in [-0.25, -0.2) is 4.90 Å². The number of thiophene rings is 1. The van der Waals surface area contributed by atoms with E-state index in [1.54, 1.807) is 24.3 Å². The zero-order valence-corrected chi connectivity index (χ0v) is 19.7. The highest BCUT2D eigenvalue weighted by molar-refractivity contribution is 7.11. The van der Waals surface area contributed by atoms with Gasteiger partial charge in [0.25, 0.3) is 11.8 Å². The van der Waals surface area contributed by atoms with Gasteiger partial charge < -0.3 is 10.6 Å². The number of imide groups is 1. The smallest absolute Gasteiger partial charge is 0.282 e. The average molecular weight is 460 g/mol. The minimum Gasteiger partial charge on any atom is -0.350 e. The first-order chi connectivity index (χ1) is 15.6. The minimum atomic E-state index is -0.421. The lowest BCUT2D eigenvalue weighted by atomic mass is 9.87. The second-order valence-corrected chi connectivity index (χ2v) is 9.80. The molecular formula is C26H25N3O3S. The molecule has 2 aromatic carbocycles. The Morgan fingerprint density at radius 3 is 2.06 bits per heavy atom. The van der Waals surface area contributed by atoms with E-state index in [-0.39, 0.29) is 22.9 Å². The van der Waals surface area contributed by atoms with Crippen molar-refractivity contribution in [2.24, 2.45) is 0 Å². The first-order valence-corrected chi connectivity index (χ1v) is 11.5. The summed E-state index contributed by atoms with van der Waals surface area (Å²) < 4.78 is 0. The number of nitrogens with zero attached hydrogens (tertiary/aromatic N) is 1. The van der Waals surface area contributed by atoms with Crippen LogP contribution < -0.4 is 15.5 Å². The van der Waals surface area contributed by atoms with Crippen LogP contribution in [0.25, 0.3) is 5.57 Å². The lowest BCUT2D eigenvalue weighted by Crippen LogP contribution is -2.32. The van der Waals surface area contributed by atoms with E-state index in [0.29, 0.717) is 16.9 Å². The highest BCUT2D eigenvalue weighted by Crippen LogP contribution is 2.36. The summed E-state index contributed by atoms with van der Waals surface area (Å²) in [7, 11) is 0. The summed E-state index contributed by atoms with van der Waals surface area (Å²) >= 11 is 1.41. The number of nitrogens with one attached hydrogen (secondary N) is 2. The molecule has 0 saturated heterocycles. The Balaban J connectivity index is 1.68. The van der Waals surface area contributed by atoms with Gasteiger partial charge in [-0.1, -0.05) is 39.0 Å². The average Bonchev–Trinajstić information content (AvgIpc) is 3.35. The zero-order valence-electron chi connectivity index (χ0n) is 18.9. The Hall–Kier alpha value is -3.71. The molecule has 1 aromatic heterocycles. The van der Waals surface area contributed by atoms with Crippen molar-refractivity contribution in [3.8, 4) is 0 Å². The molecule has 0 spiro atoms. The molecule has 3 aromatic rings. The van der Waals surface area contributed by atoms with Gasteiger partial charge in [0.15, 0.2) is 0 Å². The Kier molecular flexibility index (Phi) is 5.91.